The molecule has 2 aromatic rings. The fourth-order valence-electron chi connectivity index (χ4n) is 3.58. The summed E-state index contributed by atoms with van der Waals surface area (Å²) < 4.78 is 5.48. The van der Waals surface area contributed by atoms with Crippen molar-refractivity contribution in [3.05, 3.63) is 64.2 Å². The van der Waals surface area contributed by atoms with E-state index in [1.54, 1.807) is 24.3 Å². The smallest absolute Gasteiger partial charge is 0.373 e. The maximum Gasteiger partial charge on any atom is 0.373 e. The SMILES string of the molecule is CC(CC(=O)N(Cc1cccc(C(=O)OC(C)(C)C)c1)CC(C)(C)C)c1ccc(O)cc1Cl.O=C=O. The number of phenols is 1. The van der Waals surface area contributed by atoms with E-state index in [0.29, 0.717) is 23.7 Å². The first-order valence-corrected chi connectivity index (χ1v) is 12.0. The highest BCUT2D eigenvalue weighted by atomic mass is 35.5. The van der Waals surface area contributed by atoms with Crippen molar-refractivity contribution in [3.8, 4) is 5.75 Å². The predicted octanol–water partition coefficient (Wildman–Crippen LogP) is 5.99. The Balaban J connectivity index is 0.00000205. The fraction of sp³-hybridized carbons (Fsp3) is 0.464. The number of hydrogen-bond acceptors (Lipinski definition) is 6. The molecule has 1 amide bonds. The lowest BCUT2D eigenvalue weighted by Gasteiger charge is -2.31. The van der Waals surface area contributed by atoms with Crippen LogP contribution in [0.5, 0.6) is 5.75 Å². The third-order valence-electron chi connectivity index (χ3n) is 4.95. The summed E-state index contributed by atoms with van der Waals surface area (Å²) in [5, 5.41) is 10.1. The molecule has 0 aromatic heterocycles. The summed E-state index contributed by atoms with van der Waals surface area (Å²) in [6.07, 6.45) is 0.534. The molecule has 196 valence electrons. The van der Waals surface area contributed by atoms with Gasteiger partial charge in [-0.1, -0.05) is 57.5 Å². The standard InChI is InChI=1S/C27H36ClNO4.CO2/c1-18(22-12-11-21(30)15-23(22)28)13-24(31)29(17-26(2,3)4)16-19-9-8-10-20(14-19)25(32)33-27(5,6)7;2-1-3/h8-12,14-15,18,30H,13,16-17H2,1-7H3;. The maximum absolute atomic E-state index is 13.3. The molecule has 1 N–H and O–H groups in total. The van der Waals surface area contributed by atoms with Crippen LogP contribution in [0.1, 0.15) is 82.3 Å². The molecule has 0 bridgehead atoms. The van der Waals surface area contributed by atoms with Crippen LogP contribution in [0.4, 0.5) is 0 Å². The van der Waals surface area contributed by atoms with E-state index < -0.39 is 5.60 Å². The van der Waals surface area contributed by atoms with Crippen LogP contribution in [0.25, 0.3) is 0 Å². The highest BCUT2D eigenvalue weighted by Crippen LogP contribution is 2.31. The normalized spacial score (nSPS) is 12.0. The number of esters is 1. The summed E-state index contributed by atoms with van der Waals surface area (Å²) in [5.74, 6) is -0.388. The molecule has 7 nitrogen and oxygen atoms in total. The van der Waals surface area contributed by atoms with E-state index in [1.807, 2.05) is 44.7 Å². The Kier molecular flexibility index (Phi) is 11.4. The van der Waals surface area contributed by atoms with Crippen LogP contribution in [-0.4, -0.2) is 40.2 Å². The number of carbonyl (C=O) groups is 2. The topological polar surface area (TPSA) is 101 Å². The maximum atomic E-state index is 13.3. The molecular formula is C28H36ClNO6. The van der Waals surface area contributed by atoms with Crippen LogP contribution in [0, 0.1) is 5.41 Å². The quantitative estimate of drug-likeness (QED) is 0.453. The minimum absolute atomic E-state index is 0.00392. The third kappa shape index (κ3) is 11.1. The van der Waals surface area contributed by atoms with Gasteiger partial charge in [0.15, 0.2) is 0 Å². The molecule has 36 heavy (non-hydrogen) atoms. The molecule has 0 aliphatic rings. The van der Waals surface area contributed by atoms with Crippen LogP contribution in [0.2, 0.25) is 5.02 Å². The number of nitrogens with zero attached hydrogens (tertiary/aromatic N) is 1. The van der Waals surface area contributed by atoms with Crippen LogP contribution in [0.3, 0.4) is 0 Å². The second kappa shape index (κ2) is 13.2. The van der Waals surface area contributed by atoms with Crippen LogP contribution in [-0.2, 0) is 25.7 Å². The lowest BCUT2D eigenvalue weighted by Crippen LogP contribution is -2.37. The number of benzene rings is 2. The Morgan fingerprint density at radius 1 is 1.06 bits per heavy atom. The monoisotopic (exact) mass is 517 g/mol. The van der Waals surface area contributed by atoms with E-state index in [2.05, 4.69) is 20.8 Å². The van der Waals surface area contributed by atoms with Crippen molar-refractivity contribution in [3.63, 3.8) is 0 Å². The lowest BCUT2D eigenvalue weighted by atomic mass is 9.93. The summed E-state index contributed by atoms with van der Waals surface area (Å²) in [7, 11) is 0. The molecule has 0 fully saturated rings. The van der Waals surface area contributed by atoms with Gasteiger partial charge in [0.1, 0.15) is 11.4 Å². The minimum Gasteiger partial charge on any atom is -0.508 e. The average Bonchev–Trinajstić information content (AvgIpc) is 2.71. The van der Waals surface area contributed by atoms with E-state index in [0.717, 1.165) is 11.1 Å². The number of aromatic hydroxyl groups is 1. The van der Waals surface area contributed by atoms with E-state index in [1.165, 1.54) is 6.07 Å². The molecule has 1 atom stereocenters. The first-order valence-electron chi connectivity index (χ1n) is 11.6. The number of halogens is 1. The Hall–Kier alpha value is -3.15. The molecule has 2 aromatic carbocycles. The second-order valence-electron chi connectivity index (χ2n) is 10.9. The Morgan fingerprint density at radius 3 is 2.19 bits per heavy atom. The Labute approximate surface area is 218 Å². The Bertz CT molecular complexity index is 1080. The predicted molar refractivity (Wildman–Crippen MR) is 138 cm³/mol. The van der Waals surface area contributed by atoms with Crippen molar-refractivity contribution in [2.24, 2.45) is 5.41 Å². The number of ether oxygens (including phenoxy) is 1. The van der Waals surface area contributed by atoms with E-state index in [9.17, 15) is 14.7 Å². The van der Waals surface area contributed by atoms with Crippen molar-refractivity contribution in [2.45, 2.75) is 73.0 Å². The molecule has 8 heteroatoms. The van der Waals surface area contributed by atoms with Gasteiger partial charge in [0, 0.05) is 24.5 Å². The molecule has 0 spiro atoms. The minimum atomic E-state index is -0.576. The van der Waals surface area contributed by atoms with Crippen molar-refractivity contribution in [1.82, 2.24) is 4.90 Å². The Morgan fingerprint density at radius 2 is 1.67 bits per heavy atom. The number of phenolic OH excluding ortho intramolecular Hbond substituents is 1. The van der Waals surface area contributed by atoms with Crippen LogP contribution < -0.4 is 0 Å². The molecule has 0 aliphatic carbocycles. The highest BCUT2D eigenvalue weighted by molar-refractivity contribution is 6.31. The lowest BCUT2D eigenvalue weighted by molar-refractivity contribution is -0.191. The largest absolute Gasteiger partial charge is 0.508 e. The molecule has 0 heterocycles. The first kappa shape index (κ1) is 30.9. The van der Waals surface area contributed by atoms with Gasteiger partial charge in [0.25, 0.3) is 0 Å². The average molecular weight is 518 g/mol. The van der Waals surface area contributed by atoms with Crippen molar-refractivity contribution in [2.75, 3.05) is 6.54 Å². The highest BCUT2D eigenvalue weighted by Gasteiger charge is 2.25. The van der Waals surface area contributed by atoms with Crippen molar-refractivity contribution in [1.29, 1.82) is 0 Å². The molecule has 0 saturated carbocycles. The number of hydrogen-bond donors (Lipinski definition) is 1. The molecular weight excluding hydrogens is 482 g/mol. The van der Waals surface area contributed by atoms with Gasteiger partial charge in [-0.2, -0.15) is 9.59 Å². The van der Waals surface area contributed by atoms with Crippen LogP contribution >= 0.6 is 11.6 Å². The third-order valence-corrected chi connectivity index (χ3v) is 5.28. The number of carbonyl (C=O) groups excluding carboxylic acids is 4. The summed E-state index contributed by atoms with van der Waals surface area (Å²) in [5.41, 5.74) is 1.48. The van der Waals surface area contributed by atoms with Gasteiger partial charge >= 0.3 is 12.1 Å². The zero-order valence-corrected chi connectivity index (χ0v) is 22.8. The van der Waals surface area contributed by atoms with Gasteiger partial charge in [-0.3, -0.25) is 4.79 Å². The van der Waals surface area contributed by atoms with Gasteiger partial charge in [0.05, 0.1) is 5.56 Å². The zero-order chi connectivity index (χ0) is 27.7. The van der Waals surface area contributed by atoms with Gasteiger partial charge < -0.3 is 14.7 Å². The summed E-state index contributed by atoms with van der Waals surface area (Å²) in [6, 6.07) is 12.1. The van der Waals surface area contributed by atoms with Gasteiger partial charge in [0.2, 0.25) is 5.91 Å². The van der Waals surface area contributed by atoms with Gasteiger partial charge in [-0.15, -0.1) is 0 Å². The summed E-state index contributed by atoms with van der Waals surface area (Å²) in [6.45, 7) is 14.7. The number of amides is 1. The summed E-state index contributed by atoms with van der Waals surface area (Å²) in [4.78, 5) is 43.9. The molecule has 2 rings (SSSR count). The van der Waals surface area contributed by atoms with E-state index in [-0.39, 0.29) is 41.5 Å². The van der Waals surface area contributed by atoms with Gasteiger partial charge in [-0.25, -0.2) is 4.79 Å². The second-order valence-corrected chi connectivity index (χ2v) is 11.3. The molecule has 0 radical (unpaired) electrons. The van der Waals surface area contributed by atoms with Crippen molar-refractivity contribution >= 4 is 29.6 Å². The molecule has 0 saturated heterocycles. The van der Waals surface area contributed by atoms with E-state index in [4.69, 9.17) is 25.9 Å². The molecule has 0 aliphatic heterocycles. The first-order chi connectivity index (χ1) is 16.6. The summed E-state index contributed by atoms with van der Waals surface area (Å²) >= 11 is 6.29. The fourth-order valence-corrected chi connectivity index (χ4v) is 3.94. The van der Waals surface area contributed by atoms with Gasteiger partial charge in [-0.05, 0) is 67.5 Å². The van der Waals surface area contributed by atoms with Crippen molar-refractivity contribution < 1.29 is 29.0 Å². The number of rotatable bonds is 7. The zero-order valence-electron chi connectivity index (χ0n) is 22.1. The van der Waals surface area contributed by atoms with Crippen LogP contribution in [0.15, 0.2) is 42.5 Å². The van der Waals surface area contributed by atoms with E-state index >= 15 is 0 Å². The molecule has 1 unspecified atom stereocenters.